The molecule has 4 aromatic rings. The predicted molar refractivity (Wildman–Crippen MR) is 117 cm³/mol. The van der Waals surface area contributed by atoms with E-state index in [1.807, 2.05) is 45.0 Å². The number of hydrogen-bond acceptors (Lipinski definition) is 4. The second-order valence-corrected chi connectivity index (χ2v) is 7.41. The van der Waals surface area contributed by atoms with Crippen molar-refractivity contribution >= 4 is 45.1 Å². The first kappa shape index (κ1) is 18.9. The SMILES string of the molecule is Cc1ccc2nc(C(C#N)=Cc3cc4ccc(C)c(C)c4nc3Cl)[nH]c(=O)c2c1. The monoisotopic (exact) mass is 400 g/mol. The zero-order chi connectivity index (χ0) is 20.7. The van der Waals surface area contributed by atoms with Gasteiger partial charge in [-0.3, -0.25) is 4.79 Å². The third-order valence-electron chi connectivity index (χ3n) is 5.03. The molecule has 0 spiro atoms. The summed E-state index contributed by atoms with van der Waals surface area (Å²) in [5.74, 6) is 0.199. The number of aromatic nitrogens is 3. The van der Waals surface area contributed by atoms with Crippen LogP contribution in [0.5, 0.6) is 0 Å². The molecular weight excluding hydrogens is 384 g/mol. The fraction of sp³-hybridized carbons (Fsp3) is 0.130. The van der Waals surface area contributed by atoms with Crippen LogP contribution < -0.4 is 5.56 Å². The van der Waals surface area contributed by atoms with E-state index in [2.05, 4.69) is 21.0 Å². The van der Waals surface area contributed by atoms with Crippen LogP contribution in [-0.2, 0) is 0 Å². The lowest BCUT2D eigenvalue weighted by molar-refractivity contribution is 1.13. The van der Waals surface area contributed by atoms with Gasteiger partial charge in [-0.15, -0.1) is 0 Å². The standard InChI is InChI=1S/C23H17ClN4O/c1-12-4-7-19-18(8-12)23(29)28-22(26-19)17(11-25)10-16-9-15-6-5-13(2)14(3)20(15)27-21(16)24/h4-10H,1-3H3,(H,26,28,29). The molecule has 0 amide bonds. The van der Waals surface area contributed by atoms with Crippen LogP contribution in [0.2, 0.25) is 5.15 Å². The molecular formula is C23H17ClN4O. The fourth-order valence-corrected chi connectivity index (χ4v) is 3.46. The van der Waals surface area contributed by atoms with Crippen LogP contribution >= 0.6 is 11.6 Å². The van der Waals surface area contributed by atoms with Gasteiger partial charge in [0.05, 0.1) is 22.0 Å². The first-order chi connectivity index (χ1) is 13.9. The molecule has 0 saturated heterocycles. The molecule has 0 fully saturated rings. The lowest BCUT2D eigenvalue weighted by Crippen LogP contribution is -2.11. The third-order valence-corrected chi connectivity index (χ3v) is 5.33. The number of pyridine rings is 1. The molecule has 0 radical (unpaired) electrons. The number of hydrogen-bond donors (Lipinski definition) is 1. The van der Waals surface area contributed by atoms with Crippen molar-refractivity contribution < 1.29 is 0 Å². The van der Waals surface area contributed by atoms with E-state index in [0.29, 0.717) is 16.5 Å². The minimum absolute atomic E-state index is 0.199. The van der Waals surface area contributed by atoms with E-state index in [9.17, 15) is 10.1 Å². The number of rotatable bonds is 2. The van der Waals surface area contributed by atoms with Gasteiger partial charge in [0.2, 0.25) is 0 Å². The van der Waals surface area contributed by atoms with Gasteiger partial charge in [-0.1, -0.05) is 35.4 Å². The second kappa shape index (κ2) is 7.16. The molecule has 5 nitrogen and oxygen atoms in total. The van der Waals surface area contributed by atoms with E-state index in [4.69, 9.17) is 11.6 Å². The Morgan fingerprint density at radius 3 is 2.69 bits per heavy atom. The number of fused-ring (bicyclic) bond motifs is 2. The molecule has 0 unspecified atom stereocenters. The normalized spacial score (nSPS) is 11.8. The molecule has 0 bridgehead atoms. The van der Waals surface area contributed by atoms with Crippen LogP contribution in [0, 0.1) is 32.1 Å². The van der Waals surface area contributed by atoms with Crippen LogP contribution in [0.25, 0.3) is 33.5 Å². The Labute approximate surface area is 172 Å². The van der Waals surface area contributed by atoms with Crippen LogP contribution in [-0.4, -0.2) is 15.0 Å². The summed E-state index contributed by atoms with van der Waals surface area (Å²) in [7, 11) is 0. The molecule has 6 heteroatoms. The summed E-state index contributed by atoms with van der Waals surface area (Å²) in [6.07, 6.45) is 1.60. The average Bonchev–Trinajstić information content (AvgIpc) is 2.70. The maximum Gasteiger partial charge on any atom is 0.259 e. The molecule has 2 heterocycles. The number of aryl methyl sites for hydroxylation is 3. The van der Waals surface area contributed by atoms with Gasteiger partial charge in [0, 0.05) is 10.9 Å². The van der Waals surface area contributed by atoms with E-state index in [1.54, 1.807) is 18.2 Å². The van der Waals surface area contributed by atoms with Gasteiger partial charge < -0.3 is 4.98 Å². The molecule has 4 rings (SSSR count). The van der Waals surface area contributed by atoms with Crippen LogP contribution in [0.3, 0.4) is 0 Å². The van der Waals surface area contributed by atoms with E-state index >= 15 is 0 Å². The first-order valence-corrected chi connectivity index (χ1v) is 9.44. The van der Waals surface area contributed by atoms with Crippen molar-refractivity contribution in [3.8, 4) is 6.07 Å². The number of nitriles is 1. The number of benzene rings is 2. The number of halogens is 1. The number of nitrogens with one attached hydrogen (secondary N) is 1. The summed E-state index contributed by atoms with van der Waals surface area (Å²) in [6.45, 7) is 5.93. The molecule has 2 aromatic carbocycles. The van der Waals surface area contributed by atoms with Crippen molar-refractivity contribution in [2.24, 2.45) is 0 Å². The van der Waals surface area contributed by atoms with Crippen molar-refractivity contribution in [1.29, 1.82) is 5.26 Å². The van der Waals surface area contributed by atoms with Crippen LogP contribution in [0.15, 0.2) is 41.2 Å². The Hall–Kier alpha value is -3.49. The minimum Gasteiger partial charge on any atom is -0.305 e. The minimum atomic E-state index is -0.288. The van der Waals surface area contributed by atoms with Gasteiger partial charge in [0.1, 0.15) is 11.2 Å². The van der Waals surface area contributed by atoms with Crippen molar-refractivity contribution in [3.63, 3.8) is 0 Å². The van der Waals surface area contributed by atoms with Gasteiger partial charge in [0.25, 0.3) is 5.56 Å². The zero-order valence-electron chi connectivity index (χ0n) is 16.2. The molecule has 0 atom stereocenters. The second-order valence-electron chi connectivity index (χ2n) is 7.05. The molecule has 2 aromatic heterocycles. The average molecular weight is 401 g/mol. The van der Waals surface area contributed by atoms with Gasteiger partial charge in [-0.05, 0) is 56.2 Å². The Morgan fingerprint density at radius 1 is 1.14 bits per heavy atom. The maximum absolute atomic E-state index is 12.5. The highest BCUT2D eigenvalue weighted by Gasteiger charge is 2.12. The Balaban J connectivity index is 1.89. The smallest absolute Gasteiger partial charge is 0.259 e. The van der Waals surface area contributed by atoms with E-state index in [-0.39, 0.29) is 22.1 Å². The lowest BCUT2D eigenvalue weighted by atomic mass is 10.0. The number of aromatic amines is 1. The number of nitrogens with zero attached hydrogens (tertiary/aromatic N) is 3. The molecule has 0 aliphatic heterocycles. The number of allylic oxidation sites excluding steroid dienone is 1. The molecule has 0 aliphatic carbocycles. The van der Waals surface area contributed by atoms with Crippen molar-refractivity contribution in [1.82, 2.24) is 15.0 Å². The van der Waals surface area contributed by atoms with Gasteiger partial charge in [0.15, 0.2) is 5.82 Å². The highest BCUT2D eigenvalue weighted by atomic mass is 35.5. The predicted octanol–water partition coefficient (Wildman–Crippen LogP) is 5.11. The highest BCUT2D eigenvalue weighted by Crippen LogP contribution is 2.27. The van der Waals surface area contributed by atoms with E-state index in [0.717, 1.165) is 27.6 Å². The van der Waals surface area contributed by atoms with Crippen molar-refractivity contribution in [3.05, 3.63) is 80.0 Å². The molecule has 29 heavy (non-hydrogen) atoms. The Bertz CT molecular complexity index is 1430. The van der Waals surface area contributed by atoms with Crippen LogP contribution in [0.1, 0.15) is 28.1 Å². The Morgan fingerprint density at radius 2 is 1.93 bits per heavy atom. The van der Waals surface area contributed by atoms with E-state index < -0.39 is 0 Å². The third kappa shape index (κ3) is 3.39. The number of H-pyrrole nitrogens is 1. The summed E-state index contributed by atoms with van der Waals surface area (Å²) in [6, 6.07) is 13.4. The fourth-order valence-electron chi connectivity index (χ4n) is 3.27. The summed E-state index contributed by atoms with van der Waals surface area (Å²) in [5.41, 5.74) is 5.04. The quantitative estimate of drug-likeness (QED) is 0.374. The summed E-state index contributed by atoms with van der Waals surface area (Å²) >= 11 is 6.40. The maximum atomic E-state index is 12.5. The molecule has 0 aliphatic rings. The largest absolute Gasteiger partial charge is 0.305 e. The molecule has 1 N–H and O–H groups in total. The van der Waals surface area contributed by atoms with Crippen molar-refractivity contribution in [2.45, 2.75) is 20.8 Å². The summed E-state index contributed by atoms with van der Waals surface area (Å²) in [4.78, 5) is 24.1. The van der Waals surface area contributed by atoms with Crippen LogP contribution in [0.4, 0.5) is 0 Å². The summed E-state index contributed by atoms with van der Waals surface area (Å²) in [5, 5.41) is 11.4. The lowest BCUT2D eigenvalue weighted by Gasteiger charge is -2.08. The van der Waals surface area contributed by atoms with Crippen molar-refractivity contribution in [2.75, 3.05) is 0 Å². The summed E-state index contributed by atoms with van der Waals surface area (Å²) < 4.78 is 0. The van der Waals surface area contributed by atoms with Gasteiger partial charge in [-0.25, -0.2) is 9.97 Å². The van der Waals surface area contributed by atoms with Gasteiger partial charge in [-0.2, -0.15) is 5.26 Å². The topological polar surface area (TPSA) is 82.4 Å². The molecule has 142 valence electrons. The Kier molecular flexibility index (Phi) is 4.65. The highest BCUT2D eigenvalue weighted by molar-refractivity contribution is 6.31. The molecule has 0 saturated carbocycles. The zero-order valence-corrected chi connectivity index (χ0v) is 16.9. The van der Waals surface area contributed by atoms with Gasteiger partial charge >= 0.3 is 0 Å². The van der Waals surface area contributed by atoms with E-state index in [1.165, 1.54) is 0 Å². The first-order valence-electron chi connectivity index (χ1n) is 9.06.